The number of imidazole rings is 1. The highest BCUT2D eigenvalue weighted by molar-refractivity contribution is 5.97. The molecule has 20 heavy (non-hydrogen) atoms. The van der Waals surface area contributed by atoms with Crippen LogP contribution in [0.5, 0.6) is 0 Å². The molecule has 1 fully saturated rings. The van der Waals surface area contributed by atoms with Crippen LogP contribution >= 0.6 is 0 Å². The van der Waals surface area contributed by atoms with E-state index in [-0.39, 0.29) is 12.0 Å². The first-order chi connectivity index (χ1) is 9.78. The normalized spacial score (nSPS) is 19.4. The van der Waals surface area contributed by atoms with Crippen LogP contribution in [0.25, 0.3) is 11.0 Å². The number of fused-ring (bicyclic) bond motifs is 1. The van der Waals surface area contributed by atoms with Gasteiger partial charge in [-0.05, 0) is 38.0 Å². The third kappa shape index (κ3) is 2.54. The topological polar surface area (TPSA) is 58.2 Å². The van der Waals surface area contributed by atoms with Crippen LogP contribution in [0.4, 0.5) is 0 Å². The number of piperidine rings is 1. The Bertz CT molecular complexity index is 606. The average Bonchev–Trinajstić information content (AvgIpc) is 2.94. The number of ether oxygens (including phenoxy) is 1. The van der Waals surface area contributed by atoms with Crippen molar-refractivity contribution in [3.05, 3.63) is 30.1 Å². The van der Waals surface area contributed by atoms with Crippen molar-refractivity contribution in [3.8, 4) is 0 Å². The van der Waals surface area contributed by atoms with Crippen molar-refractivity contribution in [1.29, 1.82) is 0 Å². The van der Waals surface area contributed by atoms with E-state index < -0.39 is 0 Å². The highest BCUT2D eigenvalue weighted by Crippen LogP contribution is 2.18. The second kappa shape index (κ2) is 5.63. The van der Waals surface area contributed by atoms with Crippen LogP contribution in [0.2, 0.25) is 0 Å². The maximum absolute atomic E-state index is 12.6. The first kappa shape index (κ1) is 13.1. The van der Waals surface area contributed by atoms with E-state index in [9.17, 15) is 4.79 Å². The molecule has 0 bridgehead atoms. The molecule has 2 aromatic rings. The fourth-order valence-electron chi connectivity index (χ4n) is 2.75. The van der Waals surface area contributed by atoms with Gasteiger partial charge in [-0.15, -0.1) is 0 Å². The van der Waals surface area contributed by atoms with Crippen molar-refractivity contribution in [1.82, 2.24) is 14.9 Å². The number of amides is 1. The lowest BCUT2D eigenvalue weighted by atomic mass is 10.1. The van der Waals surface area contributed by atoms with Crippen LogP contribution in [0.1, 0.15) is 30.1 Å². The largest absolute Gasteiger partial charge is 0.377 e. The van der Waals surface area contributed by atoms with E-state index in [1.54, 1.807) is 6.33 Å². The molecule has 2 heterocycles. The number of hydrogen-bond donors (Lipinski definition) is 1. The number of benzene rings is 1. The molecule has 106 valence electrons. The summed E-state index contributed by atoms with van der Waals surface area (Å²) < 4.78 is 5.65. The molecule has 3 rings (SSSR count). The van der Waals surface area contributed by atoms with Gasteiger partial charge in [0.2, 0.25) is 0 Å². The van der Waals surface area contributed by atoms with Gasteiger partial charge in [-0.1, -0.05) is 0 Å². The van der Waals surface area contributed by atoms with Crippen LogP contribution < -0.4 is 0 Å². The van der Waals surface area contributed by atoms with Crippen LogP contribution in [0.3, 0.4) is 0 Å². The second-order valence-corrected chi connectivity index (χ2v) is 5.11. The van der Waals surface area contributed by atoms with Gasteiger partial charge in [0.1, 0.15) is 0 Å². The molecule has 0 spiro atoms. The molecule has 1 aliphatic rings. The number of carbonyl (C=O) groups excluding carboxylic acids is 1. The number of aromatic nitrogens is 2. The van der Waals surface area contributed by atoms with Crippen LogP contribution in [0, 0.1) is 0 Å². The van der Waals surface area contributed by atoms with Gasteiger partial charge in [0, 0.05) is 25.3 Å². The summed E-state index contributed by atoms with van der Waals surface area (Å²) in [6.45, 7) is 4.19. The molecular weight excluding hydrogens is 254 g/mol. The molecule has 1 atom stereocenters. The van der Waals surface area contributed by atoms with Gasteiger partial charge in [0.05, 0.1) is 23.5 Å². The summed E-state index contributed by atoms with van der Waals surface area (Å²) in [5.41, 5.74) is 2.49. The number of rotatable bonds is 3. The Morgan fingerprint density at radius 3 is 3.30 bits per heavy atom. The summed E-state index contributed by atoms with van der Waals surface area (Å²) in [5, 5.41) is 0. The minimum atomic E-state index is 0.0749. The summed E-state index contributed by atoms with van der Waals surface area (Å²) in [4.78, 5) is 21.6. The molecule has 1 aromatic carbocycles. The molecule has 1 unspecified atom stereocenters. The molecule has 0 radical (unpaired) electrons. The summed E-state index contributed by atoms with van der Waals surface area (Å²) in [6, 6.07) is 5.59. The van der Waals surface area contributed by atoms with E-state index in [1.807, 2.05) is 30.0 Å². The maximum atomic E-state index is 12.6. The van der Waals surface area contributed by atoms with E-state index >= 15 is 0 Å². The maximum Gasteiger partial charge on any atom is 0.254 e. The fourth-order valence-corrected chi connectivity index (χ4v) is 2.75. The van der Waals surface area contributed by atoms with E-state index in [4.69, 9.17) is 4.74 Å². The first-order valence-electron chi connectivity index (χ1n) is 7.12. The second-order valence-electron chi connectivity index (χ2n) is 5.11. The fraction of sp³-hybridized carbons (Fsp3) is 0.467. The van der Waals surface area contributed by atoms with Crippen LogP contribution in [-0.2, 0) is 4.74 Å². The van der Waals surface area contributed by atoms with Gasteiger partial charge in [0.25, 0.3) is 5.91 Å². The van der Waals surface area contributed by atoms with Crippen molar-refractivity contribution >= 4 is 16.9 Å². The summed E-state index contributed by atoms with van der Waals surface area (Å²) >= 11 is 0. The number of H-pyrrole nitrogens is 1. The van der Waals surface area contributed by atoms with Gasteiger partial charge in [-0.3, -0.25) is 4.79 Å². The Labute approximate surface area is 117 Å². The van der Waals surface area contributed by atoms with Crippen molar-refractivity contribution in [2.75, 3.05) is 19.7 Å². The minimum Gasteiger partial charge on any atom is -0.377 e. The third-order valence-electron chi connectivity index (χ3n) is 3.73. The van der Waals surface area contributed by atoms with Crippen molar-refractivity contribution in [3.63, 3.8) is 0 Å². The lowest BCUT2D eigenvalue weighted by molar-refractivity contribution is 0.00725. The molecule has 5 nitrogen and oxygen atoms in total. The number of carbonyl (C=O) groups is 1. The zero-order valence-electron chi connectivity index (χ0n) is 11.6. The zero-order valence-corrected chi connectivity index (χ0v) is 11.6. The SMILES string of the molecule is CCOC1CCCN(C(=O)c2ccc3nc[nH]c3c2)C1. The molecule has 5 heteroatoms. The van der Waals surface area contributed by atoms with Crippen molar-refractivity contribution < 1.29 is 9.53 Å². The average molecular weight is 273 g/mol. The molecule has 0 aliphatic carbocycles. The lowest BCUT2D eigenvalue weighted by Gasteiger charge is -2.32. The predicted molar refractivity (Wildman–Crippen MR) is 76.6 cm³/mol. The Kier molecular flexibility index (Phi) is 3.69. The number of hydrogen-bond acceptors (Lipinski definition) is 3. The molecule has 1 saturated heterocycles. The summed E-state index contributed by atoms with van der Waals surface area (Å²) in [5.74, 6) is 0.0749. The smallest absolute Gasteiger partial charge is 0.254 e. The molecule has 1 aromatic heterocycles. The van der Waals surface area contributed by atoms with E-state index in [0.717, 1.165) is 30.4 Å². The monoisotopic (exact) mass is 273 g/mol. The van der Waals surface area contributed by atoms with Gasteiger partial charge < -0.3 is 14.6 Å². The molecular formula is C15H19N3O2. The van der Waals surface area contributed by atoms with Gasteiger partial charge >= 0.3 is 0 Å². The Hall–Kier alpha value is -1.88. The highest BCUT2D eigenvalue weighted by atomic mass is 16.5. The molecule has 1 aliphatic heterocycles. The van der Waals surface area contributed by atoms with E-state index in [0.29, 0.717) is 18.7 Å². The number of aromatic amines is 1. The Morgan fingerprint density at radius 1 is 1.55 bits per heavy atom. The number of nitrogens with zero attached hydrogens (tertiary/aromatic N) is 2. The lowest BCUT2D eigenvalue weighted by Crippen LogP contribution is -2.43. The highest BCUT2D eigenvalue weighted by Gasteiger charge is 2.24. The minimum absolute atomic E-state index is 0.0749. The van der Waals surface area contributed by atoms with Crippen LogP contribution in [0.15, 0.2) is 24.5 Å². The standard InChI is InChI=1S/C15H19N3O2/c1-2-20-12-4-3-7-18(9-12)15(19)11-5-6-13-14(8-11)17-10-16-13/h5-6,8,10,12H,2-4,7,9H2,1H3,(H,16,17). The quantitative estimate of drug-likeness (QED) is 0.932. The molecule has 1 N–H and O–H groups in total. The third-order valence-corrected chi connectivity index (χ3v) is 3.73. The van der Waals surface area contributed by atoms with E-state index in [1.165, 1.54) is 0 Å². The van der Waals surface area contributed by atoms with Gasteiger partial charge in [-0.25, -0.2) is 4.98 Å². The van der Waals surface area contributed by atoms with Crippen molar-refractivity contribution in [2.24, 2.45) is 0 Å². The molecule has 0 saturated carbocycles. The first-order valence-corrected chi connectivity index (χ1v) is 7.12. The van der Waals surface area contributed by atoms with E-state index in [2.05, 4.69) is 9.97 Å². The summed E-state index contributed by atoms with van der Waals surface area (Å²) in [7, 11) is 0. The zero-order chi connectivity index (χ0) is 13.9. The van der Waals surface area contributed by atoms with Gasteiger partial charge in [0.15, 0.2) is 0 Å². The number of likely N-dealkylation sites (tertiary alicyclic amines) is 1. The Morgan fingerprint density at radius 2 is 2.45 bits per heavy atom. The number of nitrogens with one attached hydrogen (secondary N) is 1. The Balaban J connectivity index is 1.77. The molecule has 1 amide bonds. The summed E-state index contributed by atoms with van der Waals surface area (Å²) in [6.07, 6.45) is 3.86. The van der Waals surface area contributed by atoms with Crippen molar-refractivity contribution in [2.45, 2.75) is 25.9 Å². The van der Waals surface area contributed by atoms with Crippen LogP contribution in [-0.4, -0.2) is 46.6 Å². The predicted octanol–water partition coefficient (Wildman–Crippen LogP) is 2.20. The van der Waals surface area contributed by atoms with Gasteiger partial charge in [-0.2, -0.15) is 0 Å².